The molecule has 14 nitrogen and oxygen atoms in total. The Hall–Kier alpha value is -3.31. The zero-order chi connectivity index (χ0) is 28.8. The van der Waals surface area contributed by atoms with Crippen LogP contribution in [0.2, 0.25) is 0 Å². The molecule has 0 saturated carbocycles. The first-order valence-electron chi connectivity index (χ1n) is 12.2. The van der Waals surface area contributed by atoms with E-state index >= 15 is 0 Å². The van der Waals surface area contributed by atoms with Crippen molar-refractivity contribution in [1.82, 2.24) is 0 Å². The maximum Gasteiger partial charge on any atom is 0.229 e. The number of ether oxygens (including phenoxy) is 4. The third-order valence-electron chi connectivity index (χ3n) is 6.88. The molecule has 2 aliphatic heterocycles. The van der Waals surface area contributed by atoms with Crippen LogP contribution in [0.4, 0.5) is 0 Å². The van der Waals surface area contributed by atoms with Gasteiger partial charge in [0.25, 0.3) is 0 Å². The summed E-state index contributed by atoms with van der Waals surface area (Å²) in [5.74, 6) is -0.496. The number of benzene rings is 2. The molecule has 2 fully saturated rings. The zero-order valence-corrected chi connectivity index (χ0v) is 20.7. The summed E-state index contributed by atoms with van der Waals surface area (Å²) in [6, 6.07) is 9.37. The number of aliphatic hydroxyl groups excluding tert-OH is 5. The first-order valence-corrected chi connectivity index (χ1v) is 12.2. The van der Waals surface area contributed by atoms with Crippen molar-refractivity contribution in [3.05, 3.63) is 52.7 Å². The fourth-order valence-electron chi connectivity index (χ4n) is 4.57. The van der Waals surface area contributed by atoms with E-state index in [1.165, 1.54) is 36.4 Å². The summed E-state index contributed by atoms with van der Waals surface area (Å²) in [5.41, 5.74) is -2.22. The van der Waals surface area contributed by atoms with Gasteiger partial charge >= 0.3 is 0 Å². The van der Waals surface area contributed by atoms with Crippen molar-refractivity contribution in [3.8, 4) is 28.6 Å². The number of rotatable bonds is 7. The lowest BCUT2D eigenvalue weighted by molar-refractivity contribution is -0.318. The van der Waals surface area contributed by atoms with Crippen molar-refractivity contribution >= 4 is 11.0 Å². The summed E-state index contributed by atoms with van der Waals surface area (Å²) < 4.78 is 28.0. The Morgan fingerprint density at radius 2 is 1.70 bits per heavy atom. The monoisotopic (exact) mass is 564 g/mol. The van der Waals surface area contributed by atoms with Crippen molar-refractivity contribution in [3.63, 3.8) is 0 Å². The molecular formula is C26H28O14. The molecule has 0 aliphatic carbocycles. The van der Waals surface area contributed by atoms with E-state index in [9.17, 15) is 45.6 Å². The molecule has 0 amide bonds. The first kappa shape index (κ1) is 28.2. The smallest absolute Gasteiger partial charge is 0.229 e. The van der Waals surface area contributed by atoms with Gasteiger partial charge in [-0.15, -0.1) is 0 Å². The lowest BCUT2D eigenvalue weighted by Crippen LogP contribution is -2.62. The number of hydrogen-bond acceptors (Lipinski definition) is 14. The van der Waals surface area contributed by atoms with Crippen LogP contribution in [0.15, 0.2) is 51.7 Å². The molecule has 8 atom stereocenters. The van der Waals surface area contributed by atoms with Crippen LogP contribution in [0.25, 0.3) is 22.3 Å². The molecule has 0 radical (unpaired) electrons. The maximum absolute atomic E-state index is 12.8. The minimum Gasteiger partial charge on any atom is -0.508 e. The van der Waals surface area contributed by atoms with Gasteiger partial charge in [0, 0.05) is 23.8 Å². The van der Waals surface area contributed by atoms with Crippen molar-refractivity contribution in [2.24, 2.45) is 0 Å². The highest BCUT2D eigenvalue weighted by molar-refractivity contribution is 5.86. The van der Waals surface area contributed by atoms with Gasteiger partial charge in [-0.1, -0.05) is 0 Å². The molecule has 0 spiro atoms. The normalized spacial score (nSPS) is 32.4. The van der Waals surface area contributed by atoms with Gasteiger partial charge in [-0.25, -0.2) is 0 Å². The summed E-state index contributed by atoms with van der Waals surface area (Å²) in [5, 5.41) is 80.7. The van der Waals surface area contributed by atoms with Gasteiger partial charge in [0.15, 0.2) is 17.8 Å². The lowest BCUT2D eigenvalue weighted by atomic mass is 9.98. The standard InChI is InChI=1S/C26H28O14/c27-8-18-20(32)21(33)22(40-25-23(34)26(35,9-28)10-36-25)24(39-18)37-13-5-14(30)19-15(31)7-16(38-17(19)6-13)11-1-3-12(29)4-2-11/h1-7,18,20-25,27-30,32-35H,8-10H2/t18-,20-,21+,22-,23-,24-,25-,26+/m0/s1. The second kappa shape index (κ2) is 10.9. The van der Waals surface area contributed by atoms with Crippen molar-refractivity contribution in [1.29, 1.82) is 0 Å². The average Bonchev–Trinajstić information content (AvgIpc) is 3.21. The number of hydrogen-bond donors (Lipinski definition) is 8. The third kappa shape index (κ3) is 5.12. The summed E-state index contributed by atoms with van der Waals surface area (Å²) in [4.78, 5) is 12.8. The summed E-state index contributed by atoms with van der Waals surface area (Å²) in [6.07, 6.45) is -11.2. The second-order valence-electron chi connectivity index (χ2n) is 9.65. The zero-order valence-electron chi connectivity index (χ0n) is 20.7. The molecule has 5 rings (SSSR count). The Balaban J connectivity index is 1.47. The molecule has 0 bridgehead atoms. The SMILES string of the molecule is O=c1cc(-c2ccc(O)cc2)oc2cc(O[C@H]3O[C@@H](CO)[C@H](O)[C@@H](O)[C@@H]3O[C@@H]3OC[C@](O)(CO)[C@H]3O)cc(O)c12. The van der Waals surface area contributed by atoms with E-state index in [2.05, 4.69) is 0 Å². The van der Waals surface area contributed by atoms with E-state index < -0.39 is 79.7 Å². The third-order valence-corrected chi connectivity index (χ3v) is 6.88. The van der Waals surface area contributed by atoms with E-state index in [0.29, 0.717) is 5.56 Å². The van der Waals surface area contributed by atoms with Crippen LogP contribution in [0, 0.1) is 0 Å². The van der Waals surface area contributed by atoms with E-state index in [1.54, 1.807) is 0 Å². The van der Waals surface area contributed by atoms with Crippen LogP contribution in [0.5, 0.6) is 17.2 Å². The second-order valence-corrected chi connectivity index (χ2v) is 9.65. The van der Waals surface area contributed by atoms with Gasteiger partial charge < -0.3 is 64.2 Å². The molecule has 3 aromatic rings. The summed E-state index contributed by atoms with van der Waals surface area (Å²) in [6.45, 7) is -2.06. The quantitative estimate of drug-likeness (QED) is 0.164. The van der Waals surface area contributed by atoms with Gasteiger partial charge in [-0.05, 0) is 24.3 Å². The van der Waals surface area contributed by atoms with Crippen LogP contribution < -0.4 is 10.2 Å². The Labute approximate surface area is 225 Å². The highest BCUT2D eigenvalue weighted by atomic mass is 16.8. The number of phenolic OH excluding ortho intramolecular Hbond substituents is 2. The molecule has 216 valence electrons. The minimum atomic E-state index is -2.04. The Morgan fingerprint density at radius 3 is 2.35 bits per heavy atom. The van der Waals surface area contributed by atoms with E-state index in [1.807, 2.05) is 0 Å². The summed E-state index contributed by atoms with van der Waals surface area (Å²) in [7, 11) is 0. The van der Waals surface area contributed by atoms with Crippen LogP contribution >= 0.6 is 0 Å². The Morgan fingerprint density at radius 1 is 0.975 bits per heavy atom. The largest absolute Gasteiger partial charge is 0.508 e. The highest BCUT2D eigenvalue weighted by Gasteiger charge is 2.53. The predicted octanol–water partition coefficient (Wildman–Crippen LogP) is -1.49. The van der Waals surface area contributed by atoms with Gasteiger partial charge in [0.05, 0.1) is 19.8 Å². The molecule has 40 heavy (non-hydrogen) atoms. The van der Waals surface area contributed by atoms with Crippen LogP contribution in [0.1, 0.15) is 0 Å². The molecule has 1 aromatic heterocycles. The van der Waals surface area contributed by atoms with Crippen LogP contribution in [-0.4, -0.2) is 109 Å². The minimum absolute atomic E-state index is 0.00882. The van der Waals surface area contributed by atoms with E-state index in [-0.39, 0.29) is 28.2 Å². The molecule has 2 aliphatic rings. The Kier molecular flexibility index (Phi) is 7.71. The molecule has 2 saturated heterocycles. The number of aromatic hydroxyl groups is 2. The van der Waals surface area contributed by atoms with Gasteiger partial charge in [-0.3, -0.25) is 4.79 Å². The van der Waals surface area contributed by atoms with Crippen LogP contribution in [-0.2, 0) is 14.2 Å². The van der Waals surface area contributed by atoms with Gasteiger partial charge in [0.2, 0.25) is 6.29 Å². The highest BCUT2D eigenvalue weighted by Crippen LogP contribution is 2.35. The van der Waals surface area contributed by atoms with Crippen molar-refractivity contribution in [2.75, 3.05) is 19.8 Å². The fraction of sp³-hybridized carbons (Fsp3) is 0.423. The van der Waals surface area contributed by atoms with Gasteiger partial charge in [0.1, 0.15) is 64.0 Å². The number of phenols is 2. The van der Waals surface area contributed by atoms with Crippen LogP contribution in [0.3, 0.4) is 0 Å². The topological polar surface area (TPSA) is 229 Å². The molecule has 14 heteroatoms. The van der Waals surface area contributed by atoms with E-state index in [4.69, 9.17) is 23.4 Å². The first-order chi connectivity index (χ1) is 19.0. The molecule has 2 aromatic carbocycles. The molecule has 3 heterocycles. The van der Waals surface area contributed by atoms with Crippen molar-refractivity contribution in [2.45, 2.75) is 48.7 Å². The van der Waals surface area contributed by atoms with Gasteiger partial charge in [-0.2, -0.15) is 0 Å². The van der Waals surface area contributed by atoms with Crippen molar-refractivity contribution < 1.29 is 64.2 Å². The number of fused-ring (bicyclic) bond motifs is 1. The van der Waals surface area contributed by atoms with E-state index in [0.717, 1.165) is 6.07 Å². The molecule has 8 N–H and O–H groups in total. The lowest BCUT2D eigenvalue weighted by Gasteiger charge is -2.42. The maximum atomic E-state index is 12.8. The Bertz CT molecular complexity index is 1410. The molecular weight excluding hydrogens is 536 g/mol. The predicted molar refractivity (Wildman–Crippen MR) is 132 cm³/mol. The molecule has 0 unspecified atom stereocenters. The number of aliphatic hydroxyl groups is 6. The fourth-order valence-corrected chi connectivity index (χ4v) is 4.57. The summed E-state index contributed by atoms with van der Waals surface area (Å²) >= 11 is 0. The average molecular weight is 564 g/mol.